The van der Waals surface area contributed by atoms with E-state index in [0.29, 0.717) is 0 Å². The second kappa shape index (κ2) is 6.06. The first kappa shape index (κ1) is 14.8. The molecular weight excluding hydrogens is 296 g/mol. The normalized spacial score (nSPS) is 16.3. The molecule has 1 aliphatic rings. The van der Waals surface area contributed by atoms with Crippen LogP contribution in [0.15, 0.2) is 73.1 Å². The van der Waals surface area contributed by atoms with Gasteiger partial charge >= 0.3 is 0 Å². The van der Waals surface area contributed by atoms with Gasteiger partial charge in [-0.1, -0.05) is 29.8 Å². The van der Waals surface area contributed by atoms with Crippen molar-refractivity contribution in [2.75, 3.05) is 18.1 Å². The Labute approximate surface area is 142 Å². The quantitative estimate of drug-likeness (QED) is 0.806. The number of nitrogens with one attached hydrogen (secondary N) is 1. The van der Waals surface area contributed by atoms with Gasteiger partial charge in [-0.3, -0.25) is 9.97 Å². The first-order valence-corrected chi connectivity index (χ1v) is 8.19. The van der Waals surface area contributed by atoms with Crippen molar-refractivity contribution < 1.29 is 0 Å². The van der Waals surface area contributed by atoms with Crippen molar-refractivity contribution in [3.63, 3.8) is 0 Å². The van der Waals surface area contributed by atoms with Crippen molar-refractivity contribution in [1.29, 1.82) is 0 Å². The minimum absolute atomic E-state index is 0.257. The molecule has 24 heavy (non-hydrogen) atoms. The highest BCUT2D eigenvalue weighted by Crippen LogP contribution is 2.35. The van der Waals surface area contributed by atoms with Crippen LogP contribution in [0.1, 0.15) is 17.0 Å². The summed E-state index contributed by atoms with van der Waals surface area (Å²) < 4.78 is 0. The third kappa shape index (κ3) is 2.55. The van der Waals surface area contributed by atoms with E-state index in [2.05, 4.69) is 63.7 Å². The van der Waals surface area contributed by atoms with Crippen molar-refractivity contribution in [2.45, 2.75) is 12.3 Å². The topological polar surface area (TPSA) is 41.1 Å². The Morgan fingerprint density at radius 3 is 2.04 bits per heavy atom. The zero-order valence-corrected chi connectivity index (χ0v) is 13.7. The largest absolute Gasteiger partial charge is 0.307 e. The third-order valence-corrected chi connectivity index (χ3v) is 4.66. The van der Waals surface area contributed by atoms with Crippen LogP contribution in [0, 0.1) is 6.92 Å². The maximum Gasteiger partial charge on any atom is 0.0879 e. The molecular formula is C20H20N4. The van der Waals surface area contributed by atoms with Crippen LogP contribution >= 0.6 is 0 Å². The van der Waals surface area contributed by atoms with Crippen LogP contribution in [0.3, 0.4) is 0 Å². The molecule has 1 aromatic carbocycles. The van der Waals surface area contributed by atoms with Gasteiger partial charge in [0, 0.05) is 18.9 Å². The smallest absolute Gasteiger partial charge is 0.0879 e. The number of hydrogen-bond donors (Lipinski definition) is 1. The first-order chi connectivity index (χ1) is 11.8. The van der Waals surface area contributed by atoms with Crippen LogP contribution < -0.4 is 10.4 Å². The fourth-order valence-electron chi connectivity index (χ4n) is 3.29. The van der Waals surface area contributed by atoms with Crippen LogP contribution in [-0.4, -0.2) is 23.1 Å². The molecule has 4 nitrogen and oxygen atoms in total. The second-order valence-electron chi connectivity index (χ2n) is 6.27. The van der Waals surface area contributed by atoms with E-state index < -0.39 is 0 Å². The molecule has 3 heterocycles. The number of anilines is 1. The predicted molar refractivity (Wildman–Crippen MR) is 95.8 cm³/mol. The molecule has 1 fully saturated rings. The van der Waals surface area contributed by atoms with Gasteiger partial charge in [0.25, 0.3) is 0 Å². The van der Waals surface area contributed by atoms with Crippen molar-refractivity contribution in [1.82, 2.24) is 15.4 Å². The van der Waals surface area contributed by atoms with Gasteiger partial charge in [-0.2, -0.15) is 0 Å². The summed E-state index contributed by atoms with van der Waals surface area (Å²) in [6.45, 7) is 3.67. The maximum absolute atomic E-state index is 4.64. The molecule has 1 N–H and O–H groups in total. The van der Waals surface area contributed by atoms with E-state index in [1.165, 1.54) is 5.56 Å². The second-order valence-corrected chi connectivity index (χ2v) is 6.27. The van der Waals surface area contributed by atoms with Crippen molar-refractivity contribution >= 4 is 5.69 Å². The van der Waals surface area contributed by atoms with Crippen LogP contribution in [0.4, 0.5) is 5.69 Å². The van der Waals surface area contributed by atoms with E-state index in [9.17, 15) is 0 Å². The van der Waals surface area contributed by atoms with E-state index >= 15 is 0 Å². The average Bonchev–Trinajstić information content (AvgIpc) is 3.10. The Kier molecular flexibility index (Phi) is 3.75. The van der Waals surface area contributed by atoms with Gasteiger partial charge in [0.15, 0.2) is 0 Å². The molecule has 0 atom stereocenters. The van der Waals surface area contributed by atoms with Crippen LogP contribution in [0.5, 0.6) is 0 Å². The van der Waals surface area contributed by atoms with Gasteiger partial charge in [-0.05, 0) is 43.3 Å². The molecule has 120 valence electrons. The van der Waals surface area contributed by atoms with Crippen LogP contribution in [-0.2, 0) is 5.41 Å². The van der Waals surface area contributed by atoms with Gasteiger partial charge in [0.05, 0.1) is 29.0 Å². The molecule has 4 rings (SSSR count). The van der Waals surface area contributed by atoms with Gasteiger partial charge < -0.3 is 5.01 Å². The van der Waals surface area contributed by atoms with E-state index in [4.69, 9.17) is 0 Å². The number of pyridine rings is 2. The van der Waals surface area contributed by atoms with E-state index in [0.717, 1.165) is 30.2 Å². The summed E-state index contributed by atoms with van der Waals surface area (Å²) in [6.07, 6.45) is 3.71. The molecule has 0 saturated carbocycles. The van der Waals surface area contributed by atoms with Gasteiger partial charge in [0.2, 0.25) is 0 Å². The molecule has 0 spiro atoms. The fourth-order valence-corrected chi connectivity index (χ4v) is 3.29. The molecule has 4 heteroatoms. The van der Waals surface area contributed by atoms with Crippen LogP contribution in [0.2, 0.25) is 0 Å². The lowest BCUT2D eigenvalue weighted by Crippen LogP contribution is -2.36. The Balaban J connectivity index is 1.75. The zero-order chi connectivity index (χ0) is 16.4. The lowest BCUT2D eigenvalue weighted by atomic mass is 9.81. The first-order valence-electron chi connectivity index (χ1n) is 8.19. The number of rotatable bonds is 3. The average molecular weight is 316 g/mol. The highest BCUT2D eigenvalue weighted by Gasteiger charge is 2.43. The summed E-state index contributed by atoms with van der Waals surface area (Å²) in [6, 6.07) is 20.8. The summed E-state index contributed by atoms with van der Waals surface area (Å²) in [7, 11) is 0. The Morgan fingerprint density at radius 1 is 0.875 bits per heavy atom. The Bertz CT molecular complexity index is 761. The van der Waals surface area contributed by atoms with E-state index in [1.54, 1.807) is 0 Å². The fraction of sp³-hybridized carbons (Fsp3) is 0.200. The third-order valence-electron chi connectivity index (χ3n) is 4.66. The van der Waals surface area contributed by atoms with Gasteiger partial charge in [-0.25, -0.2) is 5.43 Å². The Morgan fingerprint density at radius 2 is 1.50 bits per heavy atom. The van der Waals surface area contributed by atoms with Gasteiger partial charge in [0.1, 0.15) is 0 Å². The molecule has 1 saturated heterocycles. The van der Waals surface area contributed by atoms with Crippen molar-refractivity contribution in [3.05, 3.63) is 90.0 Å². The van der Waals surface area contributed by atoms with Crippen molar-refractivity contribution in [2.24, 2.45) is 0 Å². The van der Waals surface area contributed by atoms with Crippen LogP contribution in [0.25, 0.3) is 0 Å². The minimum Gasteiger partial charge on any atom is -0.307 e. The molecule has 3 aromatic rings. The molecule has 0 bridgehead atoms. The number of nitrogens with zero attached hydrogens (tertiary/aromatic N) is 3. The molecule has 0 amide bonds. The number of hydrogen-bond acceptors (Lipinski definition) is 4. The summed E-state index contributed by atoms with van der Waals surface area (Å²) in [4.78, 5) is 9.29. The van der Waals surface area contributed by atoms with Crippen molar-refractivity contribution in [3.8, 4) is 0 Å². The molecule has 0 radical (unpaired) electrons. The number of hydrazine groups is 1. The summed E-state index contributed by atoms with van der Waals surface area (Å²) in [5.41, 5.74) is 7.80. The number of aromatic nitrogens is 2. The monoisotopic (exact) mass is 316 g/mol. The minimum atomic E-state index is -0.257. The van der Waals surface area contributed by atoms with E-state index in [-0.39, 0.29) is 5.41 Å². The predicted octanol–water partition coefficient (Wildman–Crippen LogP) is 3.10. The SMILES string of the molecule is Cc1ccc(N2CC(c3ccccn3)(c3ccccn3)CN2)cc1. The molecule has 2 aromatic heterocycles. The zero-order valence-electron chi connectivity index (χ0n) is 13.7. The lowest BCUT2D eigenvalue weighted by Gasteiger charge is -2.27. The van der Waals surface area contributed by atoms with E-state index in [1.807, 2.05) is 36.7 Å². The summed E-state index contributed by atoms with van der Waals surface area (Å²) >= 11 is 0. The number of benzene rings is 1. The highest BCUT2D eigenvalue weighted by molar-refractivity contribution is 5.51. The molecule has 0 unspecified atom stereocenters. The summed E-state index contributed by atoms with van der Waals surface area (Å²) in [5, 5.41) is 2.20. The summed E-state index contributed by atoms with van der Waals surface area (Å²) in [5.74, 6) is 0. The highest BCUT2D eigenvalue weighted by atomic mass is 15.5. The lowest BCUT2D eigenvalue weighted by molar-refractivity contribution is 0.564. The standard InChI is InChI=1S/C20H20N4/c1-16-8-10-17(11-9-16)24-15-20(14-23-24,18-6-2-4-12-21-18)19-7-3-5-13-22-19/h2-13,23H,14-15H2,1H3. The molecule has 0 aliphatic carbocycles. The number of aryl methyl sites for hydroxylation is 1. The van der Waals surface area contributed by atoms with Gasteiger partial charge in [-0.15, -0.1) is 0 Å². The maximum atomic E-state index is 4.64. The molecule has 1 aliphatic heterocycles. The Hall–Kier alpha value is -2.72.